The molecule has 0 aliphatic carbocycles. The lowest BCUT2D eigenvalue weighted by atomic mass is 10.0. The molecule has 0 spiro atoms. The monoisotopic (exact) mass is 201 g/mol. The summed E-state index contributed by atoms with van der Waals surface area (Å²) in [6, 6.07) is 3.87. The second-order valence-electron chi connectivity index (χ2n) is 3.40. The first-order chi connectivity index (χ1) is 6.57. The zero-order valence-corrected chi connectivity index (χ0v) is 7.49. The number of rotatable bonds is 0. The van der Waals surface area contributed by atoms with Crippen molar-refractivity contribution in [2.45, 2.75) is 19.0 Å². The molecule has 0 bridgehead atoms. The van der Waals surface area contributed by atoms with Crippen LogP contribution in [0.3, 0.4) is 0 Å². The van der Waals surface area contributed by atoms with Crippen molar-refractivity contribution < 1.29 is 13.2 Å². The largest absolute Gasteiger partial charge is 0.416 e. The molecule has 1 N–H and O–H groups in total. The van der Waals surface area contributed by atoms with E-state index in [-0.39, 0.29) is 0 Å². The van der Waals surface area contributed by atoms with Gasteiger partial charge in [0.05, 0.1) is 5.56 Å². The number of hydrogen-bond acceptors (Lipinski definition) is 1. The molecule has 2 rings (SSSR count). The van der Waals surface area contributed by atoms with E-state index in [0.717, 1.165) is 36.7 Å². The van der Waals surface area contributed by atoms with Gasteiger partial charge in [-0.2, -0.15) is 13.2 Å². The van der Waals surface area contributed by atoms with Crippen molar-refractivity contribution in [3.05, 3.63) is 29.3 Å². The van der Waals surface area contributed by atoms with E-state index in [1.807, 2.05) is 0 Å². The van der Waals surface area contributed by atoms with Crippen molar-refractivity contribution in [1.82, 2.24) is 0 Å². The number of benzene rings is 1. The van der Waals surface area contributed by atoms with Gasteiger partial charge in [-0.1, -0.05) is 0 Å². The van der Waals surface area contributed by atoms with Gasteiger partial charge in [-0.05, 0) is 36.6 Å². The highest BCUT2D eigenvalue weighted by Crippen LogP contribution is 2.33. The summed E-state index contributed by atoms with van der Waals surface area (Å²) in [6.45, 7) is 0.846. The van der Waals surface area contributed by atoms with Gasteiger partial charge in [-0.3, -0.25) is 0 Å². The second kappa shape index (κ2) is 3.19. The molecular formula is C10H10F3N. The van der Waals surface area contributed by atoms with Crippen molar-refractivity contribution in [2.24, 2.45) is 0 Å². The molecule has 0 amide bonds. The van der Waals surface area contributed by atoms with Crippen LogP contribution in [0.5, 0.6) is 0 Å². The highest BCUT2D eigenvalue weighted by Gasteiger charge is 2.31. The molecule has 1 aliphatic rings. The van der Waals surface area contributed by atoms with Crippen molar-refractivity contribution in [3.63, 3.8) is 0 Å². The highest BCUT2D eigenvalue weighted by molar-refractivity contribution is 5.54. The van der Waals surface area contributed by atoms with Gasteiger partial charge in [0.2, 0.25) is 0 Å². The molecule has 14 heavy (non-hydrogen) atoms. The third-order valence-corrected chi connectivity index (χ3v) is 2.37. The average molecular weight is 201 g/mol. The number of anilines is 1. The van der Waals surface area contributed by atoms with Crippen LogP contribution in [0.15, 0.2) is 18.2 Å². The molecule has 0 saturated heterocycles. The molecule has 0 atom stereocenters. The Bertz CT molecular complexity index is 344. The summed E-state index contributed by atoms with van der Waals surface area (Å²) in [5.41, 5.74) is 1.05. The van der Waals surface area contributed by atoms with Crippen LogP contribution in [-0.2, 0) is 12.6 Å². The lowest BCUT2D eigenvalue weighted by molar-refractivity contribution is -0.137. The van der Waals surface area contributed by atoms with Crippen LogP contribution in [0.2, 0.25) is 0 Å². The van der Waals surface area contributed by atoms with Gasteiger partial charge >= 0.3 is 6.18 Å². The molecule has 0 fully saturated rings. The lowest BCUT2D eigenvalue weighted by Gasteiger charge is -2.19. The highest BCUT2D eigenvalue weighted by atomic mass is 19.4. The third kappa shape index (κ3) is 1.69. The van der Waals surface area contributed by atoms with E-state index in [2.05, 4.69) is 5.32 Å². The molecule has 76 valence electrons. The van der Waals surface area contributed by atoms with Gasteiger partial charge in [0.1, 0.15) is 0 Å². The minimum Gasteiger partial charge on any atom is -0.385 e. The van der Waals surface area contributed by atoms with Crippen LogP contribution < -0.4 is 5.32 Å². The van der Waals surface area contributed by atoms with E-state index in [1.165, 1.54) is 12.1 Å². The van der Waals surface area contributed by atoms with Crippen LogP contribution in [0, 0.1) is 0 Å². The minimum absolute atomic E-state index is 0.556. The van der Waals surface area contributed by atoms with E-state index in [9.17, 15) is 13.2 Å². The first-order valence-electron chi connectivity index (χ1n) is 4.51. The molecule has 0 radical (unpaired) electrons. The van der Waals surface area contributed by atoms with E-state index < -0.39 is 11.7 Å². The fourth-order valence-corrected chi connectivity index (χ4v) is 1.65. The SMILES string of the molecule is FC(F)(F)c1ccc2c(c1)CCCN2. The summed E-state index contributed by atoms with van der Waals surface area (Å²) in [4.78, 5) is 0. The minimum atomic E-state index is -4.23. The fourth-order valence-electron chi connectivity index (χ4n) is 1.65. The molecule has 0 unspecified atom stereocenters. The molecule has 1 heterocycles. The molecule has 0 aromatic heterocycles. The Morgan fingerprint density at radius 3 is 2.71 bits per heavy atom. The zero-order chi connectivity index (χ0) is 10.2. The molecule has 1 aromatic rings. The predicted octanol–water partition coefficient (Wildman–Crippen LogP) is 3.06. The molecule has 4 heteroatoms. The van der Waals surface area contributed by atoms with Crippen LogP contribution in [0.1, 0.15) is 17.5 Å². The molecule has 0 saturated carbocycles. The van der Waals surface area contributed by atoms with Crippen LogP contribution in [0.25, 0.3) is 0 Å². The summed E-state index contributed by atoms with van der Waals surface area (Å²) < 4.78 is 37.0. The van der Waals surface area contributed by atoms with Gasteiger partial charge in [0, 0.05) is 12.2 Å². The van der Waals surface area contributed by atoms with Crippen molar-refractivity contribution in [3.8, 4) is 0 Å². The first-order valence-corrected chi connectivity index (χ1v) is 4.51. The lowest BCUT2D eigenvalue weighted by Crippen LogP contribution is -2.13. The summed E-state index contributed by atoms with van der Waals surface area (Å²) in [7, 11) is 0. The maximum atomic E-state index is 12.3. The van der Waals surface area contributed by atoms with Gasteiger partial charge in [0.15, 0.2) is 0 Å². The third-order valence-electron chi connectivity index (χ3n) is 2.37. The topological polar surface area (TPSA) is 12.0 Å². The smallest absolute Gasteiger partial charge is 0.385 e. The van der Waals surface area contributed by atoms with Crippen LogP contribution in [-0.4, -0.2) is 6.54 Å². The second-order valence-corrected chi connectivity index (χ2v) is 3.40. The maximum absolute atomic E-state index is 12.3. The summed E-state index contributed by atoms with van der Waals surface area (Å²) in [5.74, 6) is 0. The first kappa shape index (κ1) is 9.37. The van der Waals surface area contributed by atoms with Crippen molar-refractivity contribution >= 4 is 5.69 Å². The number of aryl methyl sites for hydroxylation is 1. The van der Waals surface area contributed by atoms with E-state index in [0.29, 0.717) is 0 Å². The Balaban J connectivity index is 2.39. The van der Waals surface area contributed by atoms with E-state index in [1.54, 1.807) is 0 Å². The van der Waals surface area contributed by atoms with Crippen molar-refractivity contribution in [1.29, 1.82) is 0 Å². The fraction of sp³-hybridized carbons (Fsp3) is 0.400. The Labute approximate surface area is 79.9 Å². The summed E-state index contributed by atoms with van der Waals surface area (Å²) in [5, 5.41) is 3.07. The van der Waals surface area contributed by atoms with Crippen LogP contribution >= 0.6 is 0 Å². The number of fused-ring (bicyclic) bond motifs is 1. The molecule has 1 aromatic carbocycles. The number of alkyl halides is 3. The zero-order valence-electron chi connectivity index (χ0n) is 7.49. The Morgan fingerprint density at radius 1 is 1.21 bits per heavy atom. The van der Waals surface area contributed by atoms with Gasteiger partial charge in [-0.15, -0.1) is 0 Å². The van der Waals surface area contributed by atoms with Gasteiger partial charge in [0.25, 0.3) is 0 Å². The summed E-state index contributed by atoms with van der Waals surface area (Å²) >= 11 is 0. The molecule has 1 nitrogen and oxygen atoms in total. The Morgan fingerprint density at radius 2 is 2.00 bits per heavy atom. The van der Waals surface area contributed by atoms with E-state index >= 15 is 0 Å². The Kier molecular flexibility index (Phi) is 2.13. The van der Waals surface area contributed by atoms with Crippen LogP contribution in [0.4, 0.5) is 18.9 Å². The standard InChI is InChI=1S/C10H10F3N/c11-10(12,13)8-3-4-9-7(6-8)2-1-5-14-9/h3-4,6,14H,1-2,5H2. The number of nitrogens with one attached hydrogen (secondary N) is 1. The predicted molar refractivity (Wildman–Crippen MR) is 48.3 cm³/mol. The normalized spacial score (nSPS) is 15.9. The van der Waals surface area contributed by atoms with Crippen molar-refractivity contribution in [2.75, 3.05) is 11.9 Å². The maximum Gasteiger partial charge on any atom is 0.416 e. The Hall–Kier alpha value is -1.19. The molecule has 1 aliphatic heterocycles. The van der Waals surface area contributed by atoms with Gasteiger partial charge < -0.3 is 5.32 Å². The number of halogens is 3. The van der Waals surface area contributed by atoms with Gasteiger partial charge in [-0.25, -0.2) is 0 Å². The number of hydrogen-bond donors (Lipinski definition) is 1. The average Bonchev–Trinajstić information content (AvgIpc) is 2.16. The molecular weight excluding hydrogens is 191 g/mol. The van der Waals surface area contributed by atoms with E-state index in [4.69, 9.17) is 0 Å². The quantitative estimate of drug-likeness (QED) is 0.680. The summed E-state index contributed by atoms with van der Waals surface area (Å²) in [6.07, 6.45) is -2.60.